The molecule has 2 rings (SSSR count). The van der Waals surface area contributed by atoms with E-state index in [0.717, 1.165) is 11.1 Å². The number of benzene rings is 2. The molecule has 0 fully saturated rings. The van der Waals surface area contributed by atoms with Crippen LogP contribution in [0.4, 0.5) is 0 Å². The molecule has 0 aromatic heterocycles. The van der Waals surface area contributed by atoms with Gasteiger partial charge < -0.3 is 5.11 Å². The number of aromatic carboxylic acids is 1. The third-order valence-corrected chi connectivity index (χ3v) is 4.10. The van der Waals surface area contributed by atoms with E-state index in [2.05, 4.69) is 0 Å². The fourth-order valence-electron chi connectivity index (χ4n) is 1.81. The summed E-state index contributed by atoms with van der Waals surface area (Å²) in [6, 6.07) is 14.1. The summed E-state index contributed by atoms with van der Waals surface area (Å²) in [5, 5.41) is 8.92. The molecule has 4 heteroatoms. The van der Waals surface area contributed by atoms with E-state index in [1.807, 2.05) is 31.2 Å². The molecular weight excluding hydrogens is 260 g/mol. The molecular formula is C15H14O3S. The Bertz CT molecular complexity index is 635. The minimum Gasteiger partial charge on any atom is -0.478 e. The van der Waals surface area contributed by atoms with Gasteiger partial charge in [0.25, 0.3) is 0 Å². The van der Waals surface area contributed by atoms with Crippen molar-refractivity contribution in [2.24, 2.45) is 0 Å². The minimum absolute atomic E-state index is 0.162. The van der Waals surface area contributed by atoms with Crippen LogP contribution in [0.2, 0.25) is 0 Å². The van der Waals surface area contributed by atoms with Crippen LogP contribution in [0.5, 0.6) is 0 Å². The Kier molecular flexibility index (Phi) is 4.12. The van der Waals surface area contributed by atoms with Crippen molar-refractivity contribution in [3.05, 3.63) is 65.2 Å². The Morgan fingerprint density at radius 3 is 2.58 bits per heavy atom. The summed E-state index contributed by atoms with van der Waals surface area (Å²) < 4.78 is 12.2. The average molecular weight is 274 g/mol. The Morgan fingerprint density at radius 1 is 1.16 bits per heavy atom. The summed E-state index contributed by atoms with van der Waals surface area (Å²) in [5.74, 6) is -0.612. The summed E-state index contributed by atoms with van der Waals surface area (Å²) in [6.07, 6.45) is 0. The van der Waals surface area contributed by atoms with E-state index in [4.69, 9.17) is 5.11 Å². The molecule has 0 aliphatic heterocycles. The molecule has 0 amide bonds. The molecule has 1 N–H and O–H groups in total. The zero-order valence-corrected chi connectivity index (χ0v) is 11.3. The number of carboxylic acids is 1. The van der Waals surface area contributed by atoms with Crippen molar-refractivity contribution >= 4 is 16.8 Å². The van der Waals surface area contributed by atoms with Crippen molar-refractivity contribution in [3.63, 3.8) is 0 Å². The molecule has 2 aromatic rings. The van der Waals surface area contributed by atoms with Gasteiger partial charge >= 0.3 is 5.97 Å². The van der Waals surface area contributed by atoms with Crippen LogP contribution in [0.25, 0.3) is 0 Å². The average Bonchev–Trinajstić information content (AvgIpc) is 2.39. The lowest BCUT2D eigenvalue weighted by molar-refractivity contribution is 0.0696. The van der Waals surface area contributed by atoms with Gasteiger partial charge in [-0.15, -0.1) is 0 Å². The summed E-state index contributed by atoms with van der Waals surface area (Å²) in [5.41, 5.74) is 2.27. The number of hydrogen-bond acceptors (Lipinski definition) is 2. The van der Waals surface area contributed by atoms with E-state index in [1.54, 1.807) is 12.1 Å². The van der Waals surface area contributed by atoms with Gasteiger partial charge in [-0.25, -0.2) is 4.79 Å². The van der Waals surface area contributed by atoms with Crippen molar-refractivity contribution in [1.29, 1.82) is 0 Å². The van der Waals surface area contributed by atoms with Gasteiger partial charge in [-0.05, 0) is 30.7 Å². The van der Waals surface area contributed by atoms with Crippen LogP contribution in [-0.4, -0.2) is 15.3 Å². The molecule has 1 unspecified atom stereocenters. The van der Waals surface area contributed by atoms with E-state index in [0.29, 0.717) is 10.6 Å². The SMILES string of the molecule is Cc1cccc(CS(=O)c2cccc(C(=O)O)c2)c1. The number of carboxylic acid groups (broad SMARTS) is 1. The maximum atomic E-state index is 12.2. The highest BCUT2D eigenvalue weighted by Crippen LogP contribution is 2.15. The molecule has 0 aliphatic carbocycles. The summed E-state index contributed by atoms with van der Waals surface area (Å²) in [6.45, 7) is 1.98. The molecule has 0 heterocycles. The lowest BCUT2D eigenvalue weighted by atomic mass is 10.2. The smallest absolute Gasteiger partial charge is 0.335 e. The topological polar surface area (TPSA) is 54.4 Å². The largest absolute Gasteiger partial charge is 0.478 e. The molecule has 0 radical (unpaired) electrons. The van der Waals surface area contributed by atoms with Crippen LogP contribution in [0.3, 0.4) is 0 Å². The highest BCUT2D eigenvalue weighted by Gasteiger charge is 2.09. The third-order valence-electron chi connectivity index (χ3n) is 2.72. The Balaban J connectivity index is 2.20. The zero-order chi connectivity index (χ0) is 13.8. The van der Waals surface area contributed by atoms with E-state index in [-0.39, 0.29) is 5.56 Å². The summed E-state index contributed by atoms with van der Waals surface area (Å²) in [7, 11) is -1.23. The molecule has 0 aliphatic rings. The third kappa shape index (κ3) is 3.51. The molecule has 1 atom stereocenters. The molecule has 19 heavy (non-hydrogen) atoms. The van der Waals surface area contributed by atoms with Crippen LogP contribution in [0.15, 0.2) is 53.4 Å². The van der Waals surface area contributed by atoms with E-state index < -0.39 is 16.8 Å². The Hall–Kier alpha value is -1.94. The molecule has 0 spiro atoms. The van der Waals surface area contributed by atoms with Crippen molar-refractivity contribution in [2.75, 3.05) is 0 Å². The van der Waals surface area contributed by atoms with E-state index in [9.17, 15) is 9.00 Å². The van der Waals surface area contributed by atoms with Crippen LogP contribution < -0.4 is 0 Å². The van der Waals surface area contributed by atoms with Gasteiger partial charge in [0.05, 0.1) is 22.1 Å². The standard InChI is InChI=1S/C15H14O3S/c1-11-4-2-5-12(8-11)10-19(18)14-7-3-6-13(9-14)15(16)17/h2-9H,10H2,1H3,(H,16,17). The van der Waals surface area contributed by atoms with Crippen LogP contribution in [0, 0.1) is 6.92 Å². The second-order valence-corrected chi connectivity index (χ2v) is 5.76. The highest BCUT2D eigenvalue weighted by molar-refractivity contribution is 7.84. The first-order valence-electron chi connectivity index (χ1n) is 5.83. The van der Waals surface area contributed by atoms with Crippen molar-refractivity contribution < 1.29 is 14.1 Å². The van der Waals surface area contributed by atoms with Gasteiger partial charge in [0.15, 0.2) is 0 Å². The number of carbonyl (C=O) groups is 1. The van der Waals surface area contributed by atoms with Gasteiger partial charge in [-0.3, -0.25) is 4.21 Å². The number of hydrogen-bond donors (Lipinski definition) is 1. The predicted octanol–water partition coefficient (Wildman–Crippen LogP) is 3.00. The van der Waals surface area contributed by atoms with Gasteiger partial charge in [0.2, 0.25) is 0 Å². The van der Waals surface area contributed by atoms with Gasteiger partial charge in [-0.1, -0.05) is 35.9 Å². The van der Waals surface area contributed by atoms with E-state index >= 15 is 0 Å². The quantitative estimate of drug-likeness (QED) is 0.932. The van der Waals surface area contributed by atoms with Crippen molar-refractivity contribution in [1.82, 2.24) is 0 Å². The minimum atomic E-state index is -1.23. The second-order valence-electron chi connectivity index (χ2n) is 4.31. The normalized spacial score (nSPS) is 12.1. The van der Waals surface area contributed by atoms with E-state index in [1.165, 1.54) is 12.1 Å². The lowest BCUT2D eigenvalue weighted by Crippen LogP contribution is -2.01. The van der Waals surface area contributed by atoms with Crippen molar-refractivity contribution in [2.45, 2.75) is 17.6 Å². The van der Waals surface area contributed by atoms with Crippen LogP contribution in [-0.2, 0) is 16.6 Å². The maximum absolute atomic E-state index is 12.2. The monoisotopic (exact) mass is 274 g/mol. The first-order valence-corrected chi connectivity index (χ1v) is 7.15. The lowest BCUT2D eigenvalue weighted by Gasteiger charge is -2.04. The predicted molar refractivity (Wildman–Crippen MR) is 74.7 cm³/mol. The summed E-state index contributed by atoms with van der Waals surface area (Å²) in [4.78, 5) is 11.4. The van der Waals surface area contributed by atoms with Gasteiger partial charge in [0.1, 0.15) is 0 Å². The number of rotatable bonds is 4. The van der Waals surface area contributed by atoms with Gasteiger partial charge in [-0.2, -0.15) is 0 Å². The molecule has 3 nitrogen and oxygen atoms in total. The molecule has 0 saturated carbocycles. The molecule has 2 aromatic carbocycles. The van der Waals surface area contributed by atoms with Gasteiger partial charge in [0, 0.05) is 4.90 Å². The Morgan fingerprint density at radius 2 is 1.89 bits per heavy atom. The number of aryl methyl sites for hydroxylation is 1. The highest BCUT2D eigenvalue weighted by atomic mass is 32.2. The Labute approximate surface area is 114 Å². The first-order chi connectivity index (χ1) is 9.06. The molecule has 0 bridgehead atoms. The molecule has 98 valence electrons. The maximum Gasteiger partial charge on any atom is 0.335 e. The fourth-order valence-corrected chi connectivity index (χ4v) is 2.95. The molecule has 0 saturated heterocycles. The van der Waals surface area contributed by atoms with Crippen LogP contribution in [0.1, 0.15) is 21.5 Å². The fraction of sp³-hybridized carbons (Fsp3) is 0.133. The summed E-state index contributed by atoms with van der Waals surface area (Å²) >= 11 is 0. The zero-order valence-electron chi connectivity index (χ0n) is 10.5. The first kappa shape index (κ1) is 13.5. The second kappa shape index (κ2) is 5.80. The van der Waals surface area contributed by atoms with Crippen molar-refractivity contribution in [3.8, 4) is 0 Å². The van der Waals surface area contributed by atoms with Crippen LogP contribution >= 0.6 is 0 Å².